The molecule has 0 aliphatic heterocycles. The fourth-order valence-electron chi connectivity index (χ4n) is 1.99. The van der Waals surface area contributed by atoms with Gasteiger partial charge in [-0.05, 0) is 11.5 Å². The Morgan fingerprint density at radius 3 is 2.35 bits per heavy atom. The second kappa shape index (κ2) is 7.65. The molecular weight excluding hydrogens is 256 g/mol. The fourth-order valence-corrected chi connectivity index (χ4v) is 1.99. The van der Waals surface area contributed by atoms with Crippen LogP contribution in [-0.2, 0) is 9.59 Å². The highest BCUT2D eigenvalue weighted by atomic mass is 16.4. The Morgan fingerprint density at radius 1 is 1.25 bits per heavy atom. The Balaban J connectivity index is 2.67. The van der Waals surface area contributed by atoms with Crippen LogP contribution in [0, 0.1) is 5.92 Å². The van der Waals surface area contributed by atoms with Crippen LogP contribution in [0.4, 0.5) is 0 Å². The second-order valence-electron chi connectivity index (χ2n) is 5.28. The van der Waals surface area contributed by atoms with Crippen molar-refractivity contribution in [2.45, 2.75) is 26.3 Å². The molecule has 0 bridgehead atoms. The molecule has 20 heavy (non-hydrogen) atoms. The van der Waals surface area contributed by atoms with Crippen molar-refractivity contribution < 1.29 is 14.7 Å². The van der Waals surface area contributed by atoms with E-state index in [1.165, 1.54) is 4.90 Å². The molecule has 1 amide bonds. The van der Waals surface area contributed by atoms with E-state index in [2.05, 4.69) is 0 Å². The van der Waals surface area contributed by atoms with Gasteiger partial charge in [0.2, 0.25) is 5.91 Å². The molecule has 1 rings (SSSR count). The molecule has 0 aromatic heterocycles. The van der Waals surface area contributed by atoms with Gasteiger partial charge in [-0.1, -0.05) is 44.2 Å². The molecule has 0 heterocycles. The number of carbonyl (C=O) groups is 2. The molecule has 0 spiro atoms. The van der Waals surface area contributed by atoms with Crippen LogP contribution < -0.4 is 5.73 Å². The van der Waals surface area contributed by atoms with Crippen LogP contribution in [0.3, 0.4) is 0 Å². The van der Waals surface area contributed by atoms with Crippen LogP contribution in [0.2, 0.25) is 0 Å². The molecule has 110 valence electrons. The third-order valence-corrected chi connectivity index (χ3v) is 2.89. The number of amides is 1. The third kappa shape index (κ3) is 5.40. The Morgan fingerprint density at radius 2 is 1.85 bits per heavy atom. The number of benzene rings is 1. The minimum absolute atomic E-state index is 0.115. The normalized spacial score (nSPS) is 12.2. The molecule has 1 aromatic rings. The second-order valence-corrected chi connectivity index (χ2v) is 5.28. The lowest BCUT2D eigenvalue weighted by Crippen LogP contribution is -2.39. The van der Waals surface area contributed by atoms with Crippen molar-refractivity contribution in [1.29, 1.82) is 0 Å². The summed E-state index contributed by atoms with van der Waals surface area (Å²) >= 11 is 0. The van der Waals surface area contributed by atoms with Gasteiger partial charge < -0.3 is 15.7 Å². The summed E-state index contributed by atoms with van der Waals surface area (Å²) in [5.74, 6) is -1.02. The van der Waals surface area contributed by atoms with Gasteiger partial charge in [0, 0.05) is 19.0 Å². The van der Waals surface area contributed by atoms with Crippen LogP contribution in [-0.4, -0.2) is 35.0 Å². The summed E-state index contributed by atoms with van der Waals surface area (Å²) in [6.07, 6.45) is 0.115. The van der Waals surface area contributed by atoms with E-state index in [1.54, 1.807) is 0 Å². The van der Waals surface area contributed by atoms with Crippen LogP contribution in [0.15, 0.2) is 30.3 Å². The quantitative estimate of drug-likeness (QED) is 0.794. The van der Waals surface area contributed by atoms with E-state index < -0.39 is 12.0 Å². The molecule has 0 saturated heterocycles. The first-order chi connectivity index (χ1) is 9.40. The summed E-state index contributed by atoms with van der Waals surface area (Å²) in [6, 6.07) is 8.93. The van der Waals surface area contributed by atoms with Crippen molar-refractivity contribution in [3.05, 3.63) is 35.9 Å². The average Bonchev–Trinajstić information content (AvgIpc) is 2.37. The van der Waals surface area contributed by atoms with E-state index in [0.29, 0.717) is 6.54 Å². The van der Waals surface area contributed by atoms with Crippen LogP contribution >= 0.6 is 0 Å². The van der Waals surface area contributed by atoms with Crippen molar-refractivity contribution >= 4 is 11.9 Å². The zero-order chi connectivity index (χ0) is 15.1. The van der Waals surface area contributed by atoms with Gasteiger partial charge in [0.25, 0.3) is 0 Å². The molecule has 0 aliphatic rings. The summed E-state index contributed by atoms with van der Waals surface area (Å²) in [7, 11) is 0. The lowest BCUT2D eigenvalue weighted by Gasteiger charge is -2.24. The minimum Gasteiger partial charge on any atom is -0.480 e. The number of hydrogen-bond donors (Lipinski definition) is 2. The number of aliphatic carboxylic acids is 1. The molecular formula is C15H22N2O3. The predicted molar refractivity (Wildman–Crippen MR) is 77.0 cm³/mol. The van der Waals surface area contributed by atoms with E-state index in [-0.39, 0.29) is 24.8 Å². The zero-order valence-electron chi connectivity index (χ0n) is 12.0. The molecule has 1 atom stereocenters. The van der Waals surface area contributed by atoms with Gasteiger partial charge in [-0.3, -0.25) is 9.59 Å². The van der Waals surface area contributed by atoms with Gasteiger partial charge in [0.05, 0.1) is 0 Å². The molecule has 0 fully saturated rings. The maximum Gasteiger partial charge on any atom is 0.323 e. The standard InChI is InChI=1S/C15H22N2O3/c1-11(2)9-17(10-15(19)20)14(18)8-13(16)12-6-4-3-5-7-12/h3-7,11,13H,8-10,16H2,1-2H3,(H,19,20). The molecule has 0 saturated carbocycles. The van der Waals surface area contributed by atoms with Crippen molar-refractivity contribution in [2.24, 2.45) is 11.7 Å². The Kier molecular flexibility index (Phi) is 6.18. The lowest BCUT2D eigenvalue weighted by atomic mass is 10.0. The van der Waals surface area contributed by atoms with Gasteiger partial charge in [-0.25, -0.2) is 0 Å². The van der Waals surface area contributed by atoms with Gasteiger partial charge >= 0.3 is 5.97 Å². The number of nitrogens with two attached hydrogens (primary N) is 1. The summed E-state index contributed by atoms with van der Waals surface area (Å²) in [5.41, 5.74) is 6.88. The number of hydrogen-bond acceptors (Lipinski definition) is 3. The third-order valence-electron chi connectivity index (χ3n) is 2.89. The van der Waals surface area contributed by atoms with Crippen LogP contribution in [0.1, 0.15) is 31.9 Å². The molecule has 5 heteroatoms. The molecule has 3 N–H and O–H groups in total. The first-order valence-electron chi connectivity index (χ1n) is 6.70. The number of nitrogens with zero attached hydrogens (tertiary/aromatic N) is 1. The van der Waals surface area contributed by atoms with Crippen molar-refractivity contribution in [2.75, 3.05) is 13.1 Å². The number of carboxylic acids is 1. The highest BCUT2D eigenvalue weighted by molar-refractivity contribution is 5.81. The molecule has 1 aromatic carbocycles. The van der Waals surface area contributed by atoms with E-state index >= 15 is 0 Å². The Hall–Kier alpha value is -1.88. The van der Waals surface area contributed by atoms with Gasteiger partial charge in [-0.2, -0.15) is 0 Å². The highest BCUT2D eigenvalue weighted by Gasteiger charge is 2.20. The Labute approximate surface area is 119 Å². The smallest absolute Gasteiger partial charge is 0.323 e. The van der Waals surface area contributed by atoms with Crippen molar-refractivity contribution in [3.63, 3.8) is 0 Å². The molecule has 0 radical (unpaired) electrons. The molecule has 5 nitrogen and oxygen atoms in total. The summed E-state index contributed by atoms with van der Waals surface area (Å²) in [5, 5.41) is 8.87. The predicted octanol–water partition coefficient (Wildman–Crippen LogP) is 1.65. The number of carboxylic acid groups (broad SMARTS) is 1. The maximum absolute atomic E-state index is 12.2. The van der Waals surface area contributed by atoms with Gasteiger partial charge in [-0.15, -0.1) is 0 Å². The zero-order valence-corrected chi connectivity index (χ0v) is 12.0. The van der Waals surface area contributed by atoms with Crippen LogP contribution in [0.25, 0.3) is 0 Å². The van der Waals surface area contributed by atoms with E-state index in [0.717, 1.165) is 5.56 Å². The summed E-state index contributed by atoms with van der Waals surface area (Å²) in [6.45, 7) is 4.03. The monoisotopic (exact) mass is 278 g/mol. The summed E-state index contributed by atoms with van der Waals surface area (Å²) in [4.78, 5) is 24.4. The average molecular weight is 278 g/mol. The highest BCUT2D eigenvalue weighted by Crippen LogP contribution is 2.15. The molecule has 1 unspecified atom stereocenters. The van der Waals surface area contributed by atoms with E-state index in [1.807, 2.05) is 44.2 Å². The van der Waals surface area contributed by atoms with Gasteiger partial charge in [0.1, 0.15) is 6.54 Å². The summed E-state index contributed by atoms with van der Waals surface area (Å²) < 4.78 is 0. The van der Waals surface area contributed by atoms with E-state index in [9.17, 15) is 9.59 Å². The topological polar surface area (TPSA) is 83.6 Å². The maximum atomic E-state index is 12.2. The number of rotatable bonds is 7. The van der Waals surface area contributed by atoms with Crippen molar-refractivity contribution in [1.82, 2.24) is 4.90 Å². The molecule has 0 aliphatic carbocycles. The van der Waals surface area contributed by atoms with Crippen molar-refractivity contribution in [3.8, 4) is 0 Å². The van der Waals surface area contributed by atoms with Gasteiger partial charge in [0.15, 0.2) is 0 Å². The number of carbonyl (C=O) groups excluding carboxylic acids is 1. The van der Waals surface area contributed by atoms with Crippen LogP contribution in [0.5, 0.6) is 0 Å². The Bertz CT molecular complexity index is 446. The first kappa shape index (κ1) is 16.2. The first-order valence-corrected chi connectivity index (χ1v) is 6.70. The van der Waals surface area contributed by atoms with E-state index in [4.69, 9.17) is 10.8 Å². The fraction of sp³-hybridized carbons (Fsp3) is 0.467. The largest absolute Gasteiger partial charge is 0.480 e. The minimum atomic E-state index is -1.01. The SMILES string of the molecule is CC(C)CN(CC(=O)O)C(=O)CC(N)c1ccccc1. The lowest BCUT2D eigenvalue weighted by molar-refractivity contribution is -0.145.